The summed E-state index contributed by atoms with van der Waals surface area (Å²) >= 11 is 0. The Morgan fingerprint density at radius 2 is 1.76 bits per heavy atom. The van der Waals surface area contributed by atoms with Gasteiger partial charge in [0, 0.05) is 18.7 Å². The Morgan fingerprint density at radius 1 is 1.08 bits per heavy atom. The van der Waals surface area contributed by atoms with Gasteiger partial charge in [0.05, 0.1) is 0 Å². The molecule has 134 valence electrons. The molecule has 0 aliphatic carbocycles. The van der Waals surface area contributed by atoms with Crippen molar-refractivity contribution in [1.82, 2.24) is 10.2 Å². The number of halogens is 1. The number of rotatable bonds is 5. The summed E-state index contributed by atoms with van der Waals surface area (Å²) < 4.78 is 5.83. The molecule has 4 nitrogen and oxygen atoms in total. The molecule has 0 radical (unpaired) electrons. The molecule has 1 aliphatic heterocycles. The van der Waals surface area contributed by atoms with Crippen molar-refractivity contribution in [3.05, 3.63) is 60.2 Å². The molecular weight excluding hydrogens is 336 g/mol. The Morgan fingerprint density at radius 3 is 2.44 bits per heavy atom. The van der Waals surface area contributed by atoms with Crippen LogP contribution in [0.2, 0.25) is 0 Å². The predicted octanol–water partition coefficient (Wildman–Crippen LogP) is 3.97. The number of hydrogen-bond donors (Lipinski definition) is 1. The summed E-state index contributed by atoms with van der Waals surface area (Å²) in [4.78, 5) is 14.7. The first-order chi connectivity index (χ1) is 11.8. The summed E-state index contributed by atoms with van der Waals surface area (Å²) in [5.74, 6) is 2.23. The average Bonchev–Trinajstić information content (AvgIpc) is 2.63. The Bertz CT molecular complexity index is 670. The molecule has 1 aliphatic rings. The summed E-state index contributed by atoms with van der Waals surface area (Å²) in [5.41, 5.74) is 0.690. The number of benzene rings is 2. The number of amides is 1. The molecule has 0 unspecified atom stereocenters. The van der Waals surface area contributed by atoms with E-state index in [1.54, 1.807) is 0 Å². The lowest BCUT2D eigenvalue weighted by Gasteiger charge is -2.32. The first kappa shape index (κ1) is 19.3. The zero-order chi connectivity index (χ0) is 16.8. The molecule has 0 bridgehead atoms. The van der Waals surface area contributed by atoms with Crippen molar-refractivity contribution < 1.29 is 9.53 Å². The molecule has 5 heteroatoms. The Balaban J connectivity index is 0.00000225. The molecule has 1 fully saturated rings. The van der Waals surface area contributed by atoms with Gasteiger partial charge in [-0.2, -0.15) is 0 Å². The van der Waals surface area contributed by atoms with Gasteiger partial charge >= 0.3 is 0 Å². The highest BCUT2D eigenvalue weighted by Gasteiger charge is 2.23. The van der Waals surface area contributed by atoms with Gasteiger partial charge < -0.3 is 15.0 Å². The topological polar surface area (TPSA) is 41.6 Å². The Kier molecular flexibility index (Phi) is 7.29. The highest BCUT2D eigenvalue weighted by molar-refractivity contribution is 5.94. The van der Waals surface area contributed by atoms with E-state index in [0.717, 1.165) is 38.2 Å². The van der Waals surface area contributed by atoms with Gasteiger partial charge in [-0.25, -0.2) is 0 Å². The van der Waals surface area contributed by atoms with Crippen molar-refractivity contribution >= 4 is 18.3 Å². The van der Waals surface area contributed by atoms with Crippen LogP contribution in [0.5, 0.6) is 11.5 Å². The van der Waals surface area contributed by atoms with E-state index < -0.39 is 0 Å². The van der Waals surface area contributed by atoms with E-state index in [9.17, 15) is 4.79 Å². The van der Waals surface area contributed by atoms with Gasteiger partial charge in [-0.15, -0.1) is 12.4 Å². The molecule has 2 aromatic carbocycles. The van der Waals surface area contributed by atoms with E-state index >= 15 is 0 Å². The second kappa shape index (κ2) is 9.44. The predicted molar refractivity (Wildman–Crippen MR) is 103 cm³/mol. The van der Waals surface area contributed by atoms with Crippen molar-refractivity contribution in [2.75, 3.05) is 26.7 Å². The summed E-state index contributed by atoms with van der Waals surface area (Å²) in [6.45, 7) is 2.69. The molecule has 0 atom stereocenters. The first-order valence-corrected chi connectivity index (χ1v) is 8.53. The maximum atomic E-state index is 12.7. The summed E-state index contributed by atoms with van der Waals surface area (Å²) in [7, 11) is 1.98. The van der Waals surface area contributed by atoms with Crippen LogP contribution in [0.25, 0.3) is 0 Å². The molecule has 2 aromatic rings. The maximum Gasteiger partial charge on any atom is 0.253 e. The average molecular weight is 361 g/mol. The molecule has 1 heterocycles. The molecule has 1 saturated heterocycles. The fraction of sp³-hybridized carbons (Fsp3) is 0.350. The third kappa shape index (κ3) is 5.21. The molecule has 3 rings (SSSR count). The second-order valence-electron chi connectivity index (χ2n) is 6.24. The van der Waals surface area contributed by atoms with Gasteiger partial charge in [0.25, 0.3) is 5.91 Å². The second-order valence-corrected chi connectivity index (χ2v) is 6.24. The zero-order valence-corrected chi connectivity index (χ0v) is 15.3. The Labute approximate surface area is 155 Å². The van der Waals surface area contributed by atoms with E-state index in [1.165, 1.54) is 0 Å². The fourth-order valence-electron chi connectivity index (χ4n) is 3.13. The van der Waals surface area contributed by atoms with Gasteiger partial charge in [-0.3, -0.25) is 4.79 Å². The van der Waals surface area contributed by atoms with Crippen LogP contribution in [-0.2, 0) is 0 Å². The van der Waals surface area contributed by atoms with Crippen LogP contribution >= 0.6 is 12.4 Å². The fourth-order valence-corrected chi connectivity index (χ4v) is 3.13. The molecule has 0 aromatic heterocycles. The van der Waals surface area contributed by atoms with Crippen molar-refractivity contribution in [3.8, 4) is 11.5 Å². The maximum absolute atomic E-state index is 12.7. The number of carbonyl (C=O) groups excluding carboxylic acids is 1. The van der Waals surface area contributed by atoms with Crippen LogP contribution in [0.4, 0.5) is 0 Å². The number of likely N-dealkylation sites (tertiary alicyclic amines) is 1. The van der Waals surface area contributed by atoms with Crippen LogP contribution in [0.15, 0.2) is 54.6 Å². The van der Waals surface area contributed by atoms with Crippen LogP contribution in [-0.4, -0.2) is 37.5 Å². The lowest BCUT2D eigenvalue weighted by molar-refractivity contribution is 0.0690. The largest absolute Gasteiger partial charge is 0.457 e. The van der Waals surface area contributed by atoms with Gasteiger partial charge in [-0.05, 0) is 62.7 Å². The van der Waals surface area contributed by atoms with E-state index in [-0.39, 0.29) is 18.3 Å². The van der Waals surface area contributed by atoms with E-state index in [1.807, 2.05) is 66.5 Å². The number of nitrogens with one attached hydrogen (secondary N) is 1. The lowest BCUT2D eigenvalue weighted by Crippen LogP contribution is -2.40. The van der Waals surface area contributed by atoms with E-state index in [0.29, 0.717) is 17.2 Å². The number of piperidine rings is 1. The van der Waals surface area contributed by atoms with Crippen molar-refractivity contribution in [1.29, 1.82) is 0 Å². The molecule has 0 saturated carbocycles. The summed E-state index contributed by atoms with van der Waals surface area (Å²) in [6.07, 6.45) is 2.12. The smallest absolute Gasteiger partial charge is 0.253 e. The summed E-state index contributed by atoms with van der Waals surface area (Å²) in [6, 6.07) is 17.1. The standard InChI is InChI=1S/C20H24N2O2.ClH/c1-21-15-16-10-12-22(13-11-16)20(23)17-6-5-9-19(14-17)24-18-7-3-2-4-8-18;/h2-9,14,16,21H,10-13,15H2,1H3;1H. The van der Waals surface area contributed by atoms with Crippen molar-refractivity contribution in [2.45, 2.75) is 12.8 Å². The van der Waals surface area contributed by atoms with E-state index in [4.69, 9.17) is 4.74 Å². The summed E-state index contributed by atoms with van der Waals surface area (Å²) in [5, 5.41) is 3.22. The SMILES string of the molecule is CNCC1CCN(C(=O)c2cccc(Oc3ccccc3)c2)CC1.Cl. The minimum atomic E-state index is 0. The molecular formula is C20H25ClN2O2. The third-order valence-electron chi connectivity index (χ3n) is 4.45. The Hall–Kier alpha value is -2.04. The highest BCUT2D eigenvalue weighted by atomic mass is 35.5. The molecule has 25 heavy (non-hydrogen) atoms. The number of nitrogens with zero attached hydrogens (tertiary/aromatic N) is 1. The minimum Gasteiger partial charge on any atom is -0.457 e. The van der Waals surface area contributed by atoms with Crippen molar-refractivity contribution in [2.24, 2.45) is 5.92 Å². The lowest BCUT2D eigenvalue weighted by atomic mass is 9.96. The van der Waals surface area contributed by atoms with Gasteiger partial charge in [0.15, 0.2) is 0 Å². The van der Waals surface area contributed by atoms with Gasteiger partial charge in [0.1, 0.15) is 11.5 Å². The number of para-hydroxylation sites is 1. The highest BCUT2D eigenvalue weighted by Crippen LogP contribution is 2.24. The quantitative estimate of drug-likeness (QED) is 0.877. The van der Waals surface area contributed by atoms with Gasteiger partial charge in [-0.1, -0.05) is 24.3 Å². The third-order valence-corrected chi connectivity index (χ3v) is 4.45. The zero-order valence-electron chi connectivity index (χ0n) is 14.5. The molecule has 0 spiro atoms. The minimum absolute atomic E-state index is 0. The number of carbonyl (C=O) groups is 1. The normalized spacial score (nSPS) is 14.7. The van der Waals surface area contributed by atoms with E-state index in [2.05, 4.69) is 5.32 Å². The van der Waals surface area contributed by atoms with Crippen LogP contribution in [0.1, 0.15) is 23.2 Å². The first-order valence-electron chi connectivity index (χ1n) is 8.53. The molecule has 1 amide bonds. The monoisotopic (exact) mass is 360 g/mol. The number of ether oxygens (including phenoxy) is 1. The molecule has 1 N–H and O–H groups in total. The van der Waals surface area contributed by atoms with Crippen molar-refractivity contribution in [3.63, 3.8) is 0 Å². The van der Waals surface area contributed by atoms with Crippen LogP contribution in [0, 0.1) is 5.92 Å². The number of hydrogen-bond acceptors (Lipinski definition) is 3. The van der Waals surface area contributed by atoms with Crippen LogP contribution < -0.4 is 10.1 Å². The van der Waals surface area contributed by atoms with Crippen LogP contribution in [0.3, 0.4) is 0 Å². The van der Waals surface area contributed by atoms with Gasteiger partial charge in [0.2, 0.25) is 0 Å².